The number of carbonyl (C=O) groups is 1. The van der Waals surface area contributed by atoms with Crippen LogP contribution in [0.4, 0.5) is 17.1 Å². The standard InChI is InChI=1S/C20H17Cl2N3O4S/c1-27-17-10-18(28-2)15(9-13(17)22)25-20(30)24-14-6-5-11(8-12(14)21)23-19(26)16-4-3-7-29-16/h3-10H,1-2H3,(H,23,26)(H2,24,25,30). The molecule has 0 spiro atoms. The van der Waals surface area contributed by atoms with Gasteiger partial charge >= 0.3 is 0 Å². The number of carbonyl (C=O) groups excluding carboxylic acids is 1. The van der Waals surface area contributed by atoms with Gasteiger partial charge in [-0.3, -0.25) is 4.79 Å². The van der Waals surface area contributed by atoms with Crippen LogP contribution in [0.25, 0.3) is 0 Å². The average molecular weight is 466 g/mol. The minimum absolute atomic E-state index is 0.200. The number of benzene rings is 2. The van der Waals surface area contributed by atoms with Gasteiger partial charge in [0.05, 0.1) is 41.9 Å². The summed E-state index contributed by atoms with van der Waals surface area (Å²) in [5.74, 6) is 0.805. The van der Waals surface area contributed by atoms with Crippen molar-refractivity contribution in [3.05, 3.63) is 64.5 Å². The zero-order valence-corrected chi connectivity index (χ0v) is 18.2. The smallest absolute Gasteiger partial charge is 0.291 e. The lowest BCUT2D eigenvalue weighted by atomic mass is 10.2. The lowest BCUT2D eigenvalue weighted by Crippen LogP contribution is -2.20. The molecule has 0 aliphatic rings. The molecule has 3 rings (SSSR count). The molecule has 0 saturated heterocycles. The normalized spacial score (nSPS) is 10.3. The van der Waals surface area contributed by atoms with Gasteiger partial charge in [-0.05, 0) is 48.6 Å². The molecule has 0 atom stereocenters. The van der Waals surface area contributed by atoms with Crippen LogP contribution in [0.2, 0.25) is 10.0 Å². The van der Waals surface area contributed by atoms with E-state index >= 15 is 0 Å². The zero-order chi connectivity index (χ0) is 21.7. The van der Waals surface area contributed by atoms with Crippen LogP contribution in [-0.4, -0.2) is 25.2 Å². The van der Waals surface area contributed by atoms with Crippen molar-refractivity contribution in [1.29, 1.82) is 0 Å². The van der Waals surface area contributed by atoms with Crippen molar-refractivity contribution >= 4 is 63.5 Å². The summed E-state index contributed by atoms with van der Waals surface area (Å²) in [5.41, 5.74) is 1.61. The Morgan fingerprint density at radius 3 is 2.30 bits per heavy atom. The highest BCUT2D eigenvalue weighted by molar-refractivity contribution is 7.80. The van der Waals surface area contributed by atoms with Gasteiger partial charge in [-0.1, -0.05) is 23.2 Å². The van der Waals surface area contributed by atoms with Crippen molar-refractivity contribution in [3.8, 4) is 11.5 Å². The Kier molecular flexibility index (Phi) is 7.04. The second-order valence-corrected chi connectivity index (χ2v) is 7.11. The Labute approximate surface area is 188 Å². The van der Waals surface area contributed by atoms with E-state index in [0.717, 1.165) is 0 Å². The molecule has 2 aromatic carbocycles. The van der Waals surface area contributed by atoms with E-state index in [9.17, 15) is 4.79 Å². The molecule has 156 valence electrons. The Morgan fingerprint density at radius 2 is 1.67 bits per heavy atom. The maximum atomic E-state index is 12.1. The molecule has 30 heavy (non-hydrogen) atoms. The number of rotatable bonds is 6. The van der Waals surface area contributed by atoms with Crippen LogP contribution in [0.5, 0.6) is 11.5 Å². The summed E-state index contributed by atoms with van der Waals surface area (Å²) in [6.07, 6.45) is 1.42. The molecule has 0 bridgehead atoms. The van der Waals surface area contributed by atoms with Crippen molar-refractivity contribution < 1.29 is 18.7 Å². The molecule has 0 aliphatic carbocycles. The third-order valence-corrected chi connectivity index (χ3v) is 4.75. The molecule has 3 N–H and O–H groups in total. The highest BCUT2D eigenvalue weighted by Gasteiger charge is 2.13. The van der Waals surface area contributed by atoms with Crippen molar-refractivity contribution in [2.24, 2.45) is 0 Å². The molecule has 0 aliphatic heterocycles. The third kappa shape index (κ3) is 5.15. The molecule has 7 nitrogen and oxygen atoms in total. The summed E-state index contributed by atoms with van der Waals surface area (Å²) in [6, 6.07) is 11.5. The molecule has 0 saturated carbocycles. The van der Waals surface area contributed by atoms with Gasteiger partial charge in [0.15, 0.2) is 10.9 Å². The van der Waals surface area contributed by atoms with Crippen LogP contribution in [0.3, 0.4) is 0 Å². The fourth-order valence-corrected chi connectivity index (χ4v) is 3.22. The second-order valence-electron chi connectivity index (χ2n) is 5.89. The number of amides is 1. The fraction of sp³-hybridized carbons (Fsp3) is 0.100. The number of anilines is 3. The summed E-state index contributed by atoms with van der Waals surface area (Å²) in [4.78, 5) is 12.1. The quantitative estimate of drug-likeness (QED) is 0.404. The van der Waals surface area contributed by atoms with E-state index in [2.05, 4.69) is 16.0 Å². The van der Waals surface area contributed by atoms with Gasteiger partial charge in [-0.15, -0.1) is 0 Å². The van der Waals surface area contributed by atoms with Crippen LogP contribution in [-0.2, 0) is 0 Å². The first-order chi connectivity index (χ1) is 14.4. The van der Waals surface area contributed by atoms with Gasteiger partial charge in [-0.2, -0.15) is 0 Å². The molecular weight excluding hydrogens is 449 g/mol. The second kappa shape index (κ2) is 9.71. The van der Waals surface area contributed by atoms with Gasteiger partial charge < -0.3 is 29.8 Å². The minimum atomic E-state index is -0.377. The topological polar surface area (TPSA) is 84.8 Å². The van der Waals surface area contributed by atoms with Crippen molar-refractivity contribution in [2.75, 3.05) is 30.2 Å². The highest BCUT2D eigenvalue weighted by atomic mass is 35.5. The third-order valence-electron chi connectivity index (χ3n) is 3.94. The molecule has 1 heterocycles. The van der Waals surface area contributed by atoms with Crippen molar-refractivity contribution in [2.45, 2.75) is 0 Å². The highest BCUT2D eigenvalue weighted by Crippen LogP contribution is 2.36. The molecule has 10 heteroatoms. The molecule has 3 aromatic rings. The predicted molar refractivity (Wildman–Crippen MR) is 123 cm³/mol. The van der Waals surface area contributed by atoms with Gasteiger partial charge in [0, 0.05) is 11.8 Å². The molecule has 1 aromatic heterocycles. The Bertz CT molecular complexity index is 1070. The Balaban J connectivity index is 1.68. The molecule has 1 amide bonds. The zero-order valence-electron chi connectivity index (χ0n) is 15.9. The van der Waals surface area contributed by atoms with Gasteiger partial charge in [0.2, 0.25) is 0 Å². The fourth-order valence-electron chi connectivity index (χ4n) is 2.53. The van der Waals surface area contributed by atoms with Crippen LogP contribution >= 0.6 is 35.4 Å². The summed E-state index contributed by atoms with van der Waals surface area (Å²) < 4.78 is 15.6. The number of thiocarbonyl (C=S) groups is 1. The lowest BCUT2D eigenvalue weighted by Gasteiger charge is -2.16. The van der Waals surface area contributed by atoms with E-state index in [1.54, 1.807) is 42.5 Å². The monoisotopic (exact) mass is 465 g/mol. The van der Waals surface area contributed by atoms with Crippen LogP contribution < -0.4 is 25.4 Å². The predicted octanol–water partition coefficient (Wildman–Crippen LogP) is 5.66. The van der Waals surface area contributed by atoms with Crippen molar-refractivity contribution in [1.82, 2.24) is 0 Å². The van der Waals surface area contributed by atoms with E-state index < -0.39 is 0 Å². The molecule has 0 radical (unpaired) electrons. The number of ether oxygens (including phenoxy) is 2. The Hall–Kier alpha value is -2.94. The van der Waals surface area contributed by atoms with E-state index in [0.29, 0.717) is 38.6 Å². The van der Waals surface area contributed by atoms with Gasteiger partial charge in [-0.25, -0.2) is 0 Å². The number of hydrogen-bond acceptors (Lipinski definition) is 5. The average Bonchev–Trinajstić information content (AvgIpc) is 3.25. The number of nitrogens with one attached hydrogen (secondary N) is 3. The largest absolute Gasteiger partial charge is 0.495 e. The number of hydrogen-bond donors (Lipinski definition) is 3. The first kappa shape index (κ1) is 21.8. The van der Waals surface area contributed by atoms with E-state index in [1.807, 2.05) is 0 Å². The number of halogens is 2. The Morgan fingerprint density at radius 1 is 0.933 bits per heavy atom. The molecular formula is C20H17Cl2N3O4S. The van der Waals surface area contributed by atoms with E-state index in [1.165, 1.54) is 20.5 Å². The maximum absolute atomic E-state index is 12.1. The van der Waals surface area contributed by atoms with E-state index in [-0.39, 0.29) is 16.8 Å². The SMILES string of the molecule is COc1cc(OC)c(NC(=S)Nc2ccc(NC(=O)c3ccco3)cc2Cl)cc1Cl. The first-order valence-corrected chi connectivity index (χ1v) is 9.71. The van der Waals surface area contributed by atoms with Crippen LogP contribution in [0.15, 0.2) is 53.1 Å². The first-order valence-electron chi connectivity index (χ1n) is 8.55. The summed E-state index contributed by atoms with van der Waals surface area (Å²) in [5, 5.41) is 9.73. The van der Waals surface area contributed by atoms with Gasteiger partial charge in [0.25, 0.3) is 5.91 Å². The maximum Gasteiger partial charge on any atom is 0.291 e. The summed E-state index contributed by atoms with van der Waals surface area (Å²) >= 11 is 17.9. The molecule has 0 fully saturated rings. The number of methoxy groups -OCH3 is 2. The van der Waals surface area contributed by atoms with E-state index in [4.69, 9.17) is 49.3 Å². The summed E-state index contributed by atoms with van der Waals surface area (Å²) in [6.45, 7) is 0. The van der Waals surface area contributed by atoms with Crippen molar-refractivity contribution in [3.63, 3.8) is 0 Å². The van der Waals surface area contributed by atoms with Crippen LogP contribution in [0.1, 0.15) is 10.6 Å². The molecule has 0 unspecified atom stereocenters. The minimum Gasteiger partial charge on any atom is -0.495 e. The summed E-state index contributed by atoms with van der Waals surface area (Å²) in [7, 11) is 3.04. The number of furan rings is 1. The lowest BCUT2D eigenvalue weighted by molar-refractivity contribution is 0.0996. The van der Waals surface area contributed by atoms with Crippen LogP contribution in [0, 0.1) is 0 Å². The van der Waals surface area contributed by atoms with Gasteiger partial charge in [0.1, 0.15) is 11.5 Å².